The third kappa shape index (κ3) is 5.45. The molecule has 0 aliphatic heterocycles. The van der Waals surface area contributed by atoms with Crippen LogP contribution in [0, 0.1) is 0 Å². The lowest BCUT2D eigenvalue weighted by Crippen LogP contribution is -2.26. The number of carbonyl (C=O) groups excluding carboxylic acids is 1. The average Bonchev–Trinajstić information content (AvgIpc) is 2.56. The summed E-state index contributed by atoms with van der Waals surface area (Å²) in [4.78, 5) is 15.1. The third-order valence-corrected chi connectivity index (χ3v) is 4.34. The van der Waals surface area contributed by atoms with Gasteiger partial charge in [0.1, 0.15) is 0 Å². The van der Waals surface area contributed by atoms with E-state index in [1.165, 1.54) is 11.8 Å². The number of hydrazone groups is 1. The largest absolute Gasteiger partial charge is 0.378 e. The van der Waals surface area contributed by atoms with Crippen LogP contribution in [0.25, 0.3) is 0 Å². The number of rotatable bonds is 6. The maximum atomic E-state index is 12.0. The van der Waals surface area contributed by atoms with Crippen LogP contribution in [0.15, 0.2) is 64.6 Å². The van der Waals surface area contributed by atoms with Gasteiger partial charge in [0, 0.05) is 24.7 Å². The molecule has 0 aromatic heterocycles. The highest BCUT2D eigenvalue weighted by Crippen LogP contribution is 2.22. The zero-order valence-corrected chi connectivity index (χ0v) is 14.4. The van der Waals surface area contributed by atoms with Crippen LogP contribution in [0.4, 0.5) is 5.69 Å². The van der Waals surface area contributed by atoms with Gasteiger partial charge in [-0.25, -0.2) is 5.43 Å². The van der Waals surface area contributed by atoms with Crippen molar-refractivity contribution in [2.45, 2.75) is 17.1 Å². The summed E-state index contributed by atoms with van der Waals surface area (Å²) in [5, 5.41) is 3.82. The molecule has 0 aliphatic rings. The molecule has 1 amide bonds. The second kappa shape index (κ2) is 8.39. The molecule has 1 atom stereocenters. The molecule has 4 nitrogen and oxygen atoms in total. The number of hydrogen-bond donors (Lipinski definition) is 1. The van der Waals surface area contributed by atoms with Gasteiger partial charge in [-0.05, 0) is 36.8 Å². The lowest BCUT2D eigenvalue weighted by molar-refractivity contribution is -0.120. The molecule has 0 heterocycles. The monoisotopic (exact) mass is 327 g/mol. The number of nitrogens with one attached hydrogen (secondary N) is 1. The number of thioether (sulfide) groups is 1. The summed E-state index contributed by atoms with van der Waals surface area (Å²) in [6.45, 7) is 1.87. The highest BCUT2D eigenvalue weighted by molar-refractivity contribution is 8.00. The Balaban J connectivity index is 1.85. The summed E-state index contributed by atoms with van der Waals surface area (Å²) in [6.07, 6.45) is 1.65. The Morgan fingerprint density at radius 2 is 1.78 bits per heavy atom. The van der Waals surface area contributed by atoms with Crippen LogP contribution >= 0.6 is 11.8 Å². The zero-order chi connectivity index (χ0) is 16.7. The highest BCUT2D eigenvalue weighted by atomic mass is 32.2. The van der Waals surface area contributed by atoms with Crippen LogP contribution in [-0.4, -0.2) is 31.5 Å². The van der Waals surface area contributed by atoms with Crippen molar-refractivity contribution in [3.05, 3.63) is 60.2 Å². The van der Waals surface area contributed by atoms with Crippen LogP contribution in [0.1, 0.15) is 12.5 Å². The van der Waals surface area contributed by atoms with Crippen molar-refractivity contribution in [3.8, 4) is 0 Å². The molecule has 0 spiro atoms. The van der Waals surface area contributed by atoms with E-state index in [2.05, 4.69) is 10.5 Å². The summed E-state index contributed by atoms with van der Waals surface area (Å²) in [5.74, 6) is -0.111. The van der Waals surface area contributed by atoms with Gasteiger partial charge in [0.2, 0.25) is 0 Å². The first-order valence-electron chi connectivity index (χ1n) is 7.38. The van der Waals surface area contributed by atoms with Crippen molar-refractivity contribution in [1.82, 2.24) is 5.43 Å². The molecule has 0 saturated heterocycles. The van der Waals surface area contributed by atoms with E-state index in [-0.39, 0.29) is 11.2 Å². The van der Waals surface area contributed by atoms with Crippen molar-refractivity contribution >= 4 is 29.6 Å². The van der Waals surface area contributed by atoms with E-state index in [0.29, 0.717) is 0 Å². The molecule has 2 rings (SSSR count). The van der Waals surface area contributed by atoms with Crippen molar-refractivity contribution in [1.29, 1.82) is 0 Å². The summed E-state index contributed by atoms with van der Waals surface area (Å²) in [6, 6.07) is 17.8. The first kappa shape index (κ1) is 17.1. The number of anilines is 1. The molecule has 0 unspecified atom stereocenters. The predicted octanol–water partition coefficient (Wildman–Crippen LogP) is 3.38. The number of nitrogens with zero attached hydrogens (tertiary/aromatic N) is 2. The van der Waals surface area contributed by atoms with Crippen LogP contribution in [-0.2, 0) is 4.79 Å². The van der Waals surface area contributed by atoms with Crippen molar-refractivity contribution in [3.63, 3.8) is 0 Å². The molecular formula is C18H21N3OS. The zero-order valence-electron chi connectivity index (χ0n) is 13.6. The lowest BCUT2D eigenvalue weighted by Gasteiger charge is -2.11. The SMILES string of the molecule is C[C@@H](Sc1ccccc1)C(=O)N/N=C\c1ccc(N(C)C)cc1. The van der Waals surface area contributed by atoms with Crippen LogP contribution < -0.4 is 10.3 Å². The summed E-state index contributed by atoms with van der Waals surface area (Å²) < 4.78 is 0. The Kier molecular flexibility index (Phi) is 6.23. The quantitative estimate of drug-likeness (QED) is 0.502. The third-order valence-electron chi connectivity index (χ3n) is 3.22. The van der Waals surface area contributed by atoms with Gasteiger partial charge >= 0.3 is 0 Å². The van der Waals surface area contributed by atoms with Gasteiger partial charge in [0.15, 0.2) is 0 Å². The van der Waals surface area contributed by atoms with E-state index in [4.69, 9.17) is 0 Å². The average molecular weight is 327 g/mol. The van der Waals surface area contributed by atoms with E-state index >= 15 is 0 Å². The van der Waals surface area contributed by atoms with Gasteiger partial charge in [0.05, 0.1) is 11.5 Å². The molecule has 0 radical (unpaired) electrons. The Labute approximate surface area is 141 Å². The Hall–Kier alpha value is -2.27. The molecule has 0 saturated carbocycles. The topological polar surface area (TPSA) is 44.7 Å². The molecule has 0 fully saturated rings. The number of amides is 1. The predicted molar refractivity (Wildman–Crippen MR) is 98.3 cm³/mol. The van der Waals surface area contributed by atoms with Crippen molar-refractivity contribution in [2.24, 2.45) is 5.10 Å². The first-order chi connectivity index (χ1) is 11.1. The second-order valence-corrected chi connectivity index (χ2v) is 6.71. The van der Waals surface area contributed by atoms with E-state index in [1.807, 2.05) is 80.5 Å². The van der Waals surface area contributed by atoms with Crippen LogP contribution in [0.2, 0.25) is 0 Å². The first-order valence-corrected chi connectivity index (χ1v) is 8.26. The fourth-order valence-electron chi connectivity index (χ4n) is 1.88. The van der Waals surface area contributed by atoms with E-state index in [1.54, 1.807) is 6.21 Å². The minimum Gasteiger partial charge on any atom is -0.378 e. The van der Waals surface area contributed by atoms with Gasteiger partial charge in [-0.2, -0.15) is 5.10 Å². The molecule has 1 N–H and O–H groups in total. The van der Waals surface area contributed by atoms with E-state index in [0.717, 1.165) is 16.1 Å². The van der Waals surface area contributed by atoms with Crippen molar-refractivity contribution in [2.75, 3.05) is 19.0 Å². The molecule has 5 heteroatoms. The number of benzene rings is 2. The van der Waals surface area contributed by atoms with E-state index in [9.17, 15) is 4.79 Å². The second-order valence-electron chi connectivity index (χ2n) is 5.29. The normalized spacial score (nSPS) is 12.1. The molecule has 2 aromatic carbocycles. The van der Waals surface area contributed by atoms with E-state index < -0.39 is 0 Å². The number of carbonyl (C=O) groups is 1. The summed E-state index contributed by atoms with van der Waals surface area (Å²) in [7, 11) is 3.99. The minimum atomic E-state index is -0.203. The molecule has 2 aromatic rings. The minimum absolute atomic E-state index is 0.111. The Morgan fingerprint density at radius 1 is 1.13 bits per heavy atom. The smallest absolute Gasteiger partial charge is 0.253 e. The maximum Gasteiger partial charge on any atom is 0.253 e. The fraction of sp³-hybridized carbons (Fsp3) is 0.222. The lowest BCUT2D eigenvalue weighted by atomic mass is 10.2. The summed E-state index contributed by atoms with van der Waals surface area (Å²) >= 11 is 1.51. The highest BCUT2D eigenvalue weighted by Gasteiger charge is 2.13. The van der Waals surface area contributed by atoms with Crippen LogP contribution in [0.5, 0.6) is 0 Å². The van der Waals surface area contributed by atoms with Gasteiger partial charge in [0.25, 0.3) is 5.91 Å². The molecule has 120 valence electrons. The molecule has 0 aliphatic carbocycles. The molecule has 23 heavy (non-hydrogen) atoms. The summed E-state index contributed by atoms with van der Waals surface area (Å²) in [5.41, 5.74) is 4.66. The maximum absolute atomic E-state index is 12.0. The Bertz CT molecular complexity index is 654. The number of hydrogen-bond acceptors (Lipinski definition) is 4. The van der Waals surface area contributed by atoms with Crippen molar-refractivity contribution < 1.29 is 4.79 Å². The fourth-order valence-corrected chi connectivity index (χ4v) is 2.76. The molecule has 0 bridgehead atoms. The molecular weight excluding hydrogens is 306 g/mol. The van der Waals surface area contributed by atoms with Gasteiger partial charge in [-0.3, -0.25) is 4.79 Å². The van der Waals surface area contributed by atoms with Gasteiger partial charge in [-0.1, -0.05) is 30.3 Å². The Morgan fingerprint density at radius 3 is 2.39 bits per heavy atom. The van der Waals surface area contributed by atoms with Gasteiger partial charge < -0.3 is 4.90 Å². The van der Waals surface area contributed by atoms with Crippen LogP contribution in [0.3, 0.4) is 0 Å². The standard InChI is InChI=1S/C18H21N3OS/c1-14(23-17-7-5-4-6-8-17)18(22)20-19-13-15-9-11-16(12-10-15)21(2)3/h4-14H,1-3H3,(H,20,22)/b19-13-/t14-/m1/s1. The van der Waals surface area contributed by atoms with Gasteiger partial charge in [-0.15, -0.1) is 11.8 Å².